The number of esters is 1. The fourth-order valence-corrected chi connectivity index (χ4v) is 3.85. The number of carbonyl (C=O) groups is 3. The van der Waals surface area contributed by atoms with Crippen molar-refractivity contribution in [1.82, 2.24) is 5.32 Å². The fraction of sp³-hybridized carbons (Fsp3) is 0.381. The lowest BCUT2D eigenvalue weighted by Crippen LogP contribution is -2.23. The van der Waals surface area contributed by atoms with Gasteiger partial charge in [-0.25, -0.2) is 4.79 Å². The van der Waals surface area contributed by atoms with Crippen LogP contribution in [0.2, 0.25) is 0 Å². The number of benzene rings is 1. The van der Waals surface area contributed by atoms with E-state index in [-0.39, 0.29) is 23.1 Å². The van der Waals surface area contributed by atoms with E-state index >= 15 is 0 Å². The number of nitrogens with one attached hydrogen (secondary N) is 2. The topological polar surface area (TPSA) is 103 Å². The summed E-state index contributed by atoms with van der Waals surface area (Å²) in [6.45, 7) is 5.99. The van der Waals surface area contributed by atoms with Gasteiger partial charge in [-0.2, -0.15) is 0 Å². The van der Waals surface area contributed by atoms with Gasteiger partial charge in [-0.3, -0.25) is 9.59 Å². The lowest BCUT2D eigenvalue weighted by molar-refractivity contribution is 0.0527. The Hall–Kier alpha value is -3.07. The maximum absolute atomic E-state index is 12.8. The lowest BCUT2D eigenvalue weighted by Gasteiger charge is -2.10. The van der Waals surface area contributed by atoms with Gasteiger partial charge in [0.1, 0.15) is 5.00 Å². The van der Waals surface area contributed by atoms with Crippen LogP contribution in [0.1, 0.15) is 56.2 Å². The van der Waals surface area contributed by atoms with Gasteiger partial charge < -0.3 is 24.8 Å². The van der Waals surface area contributed by atoms with Gasteiger partial charge in [-0.15, -0.1) is 11.3 Å². The molecule has 0 fully saturated rings. The van der Waals surface area contributed by atoms with Crippen LogP contribution in [-0.4, -0.2) is 45.2 Å². The molecule has 30 heavy (non-hydrogen) atoms. The van der Waals surface area contributed by atoms with Crippen LogP contribution in [0.3, 0.4) is 0 Å². The van der Waals surface area contributed by atoms with Gasteiger partial charge in [0.15, 0.2) is 11.5 Å². The minimum atomic E-state index is -0.594. The summed E-state index contributed by atoms with van der Waals surface area (Å²) in [4.78, 5) is 38.2. The number of anilines is 1. The summed E-state index contributed by atoms with van der Waals surface area (Å²) in [7, 11) is 2.98. The van der Waals surface area contributed by atoms with Crippen LogP contribution in [0.25, 0.3) is 0 Å². The Balaban J connectivity index is 2.40. The zero-order chi connectivity index (χ0) is 22.3. The van der Waals surface area contributed by atoms with Crippen LogP contribution in [0.15, 0.2) is 18.2 Å². The Labute approximate surface area is 179 Å². The second-order valence-electron chi connectivity index (χ2n) is 6.26. The van der Waals surface area contributed by atoms with Crippen molar-refractivity contribution in [1.29, 1.82) is 0 Å². The highest BCUT2D eigenvalue weighted by Gasteiger charge is 2.27. The third-order valence-electron chi connectivity index (χ3n) is 4.24. The maximum atomic E-state index is 12.8. The van der Waals surface area contributed by atoms with E-state index in [2.05, 4.69) is 10.6 Å². The number of hydrogen-bond donors (Lipinski definition) is 2. The third kappa shape index (κ3) is 5.10. The first-order valence-corrected chi connectivity index (χ1v) is 10.3. The first-order valence-electron chi connectivity index (χ1n) is 9.49. The van der Waals surface area contributed by atoms with E-state index in [1.54, 1.807) is 26.0 Å². The molecule has 1 heterocycles. The Morgan fingerprint density at radius 1 is 1.03 bits per heavy atom. The normalized spacial score (nSPS) is 10.3. The highest BCUT2D eigenvalue weighted by atomic mass is 32.1. The van der Waals surface area contributed by atoms with Crippen molar-refractivity contribution in [3.63, 3.8) is 0 Å². The third-order valence-corrected chi connectivity index (χ3v) is 5.45. The second-order valence-corrected chi connectivity index (χ2v) is 7.28. The second kappa shape index (κ2) is 10.6. The molecule has 2 rings (SSSR count). The van der Waals surface area contributed by atoms with Crippen LogP contribution >= 0.6 is 11.3 Å². The molecule has 0 radical (unpaired) electrons. The summed E-state index contributed by atoms with van der Waals surface area (Å²) in [6.07, 6.45) is 0.782. The van der Waals surface area contributed by atoms with Gasteiger partial charge >= 0.3 is 5.97 Å². The average Bonchev–Trinajstić information content (AvgIpc) is 3.07. The largest absolute Gasteiger partial charge is 0.493 e. The summed E-state index contributed by atoms with van der Waals surface area (Å²) >= 11 is 1.04. The Morgan fingerprint density at radius 3 is 2.33 bits per heavy atom. The van der Waals surface area contributed by atoms with Crippen LogP contribution in [-0.2, 0) is 4.74 Å². The van der Waals surface area contributed by atoms with Gasteiger partial charge in [0.2, 0.25) is 0 Å². The molecule has 2 amide bonds. The Bertz CT molecular complexity index is 938. The molecule has 0 saturated carbocycles. The van der Waals surface area contributed by atoms with E-state index in [1.165, 1.54) is 20.3 Å². The quantitative estimate of drug-likeness (QED) is 0.584. The lowest BCUT2D eigenvalue weighted by atomic mass is 10.1. The molecular weight excluding hydrogens is 408 g/mol. The van der Waals surface area contributed by atoms with Crippen molar-refractivity contribution < 1.29 is 28.6 Å². The SMILES string of the molecule is CCCNC(=O)c1sc(NC(=O)c2ccc(OC)c(OC)c2)c(C(=O)OCC)c1C. The molecule has 0 spiro atoms. The number of thiophene rings is 1. The first-order chi connectivity index (χ1) is 14.4. The van der Waals surface area contributed by atoms with Crippen LogP contribution in [0.4, 0.5) is 5.00 Å². The number of carbonyl (C=O) groups excluding carboxylic acids is 3. The first kappa shape index (κ1) is 23.2. The van der Waals surface area contributed by atoms with Gasteiger partial charge in [0, 0.05) is 12.1 Å². The highest BCUT2D eigenvalue weighted by molar-refractivity contribution is 7.18. The summed E-state index contributed by atoms with van der Waals surface area (Å²) in [5, 5.41) is 5.78. The predicted octanol–water partition coefficient (Wildman–Crippen LogP) is 3.64. The van der Waals surface area contributed by atoms with Crippen molar-refractivity contribution >= 4 is 34.1 Å². The summed E-state index contributed by atoms with van der Waals surface area (Å²) in [5.74, 6) is -0.455. The van der Waals surface area contributed by atoms with E-state index in [0.29, 0.717) is 34.0 Å². The van der Waals surface area contributed by atoms with E-state index in [0.717, 1.165) is 17.8 Å². The monoisotopic (exact) mass is 434 g/mol. The van der Waals surface area contributed by atoms with Gasteiger partial charge in [-0.1, -0.05) is 6.92 Å². The summed E-state index contributed by atoms with van der Waals surface area (Å²) in [5.41, 5.74) is 0.956. The molecule has 0 aliphatic rings. The van der Waals surface area contributed by atoms with Crippen molar-refractivity contribution in [2.45, 2.75) is 27.2 Å². The van der Waals surface area contributed by atoms with Crippen molar-refractivity contribution in [3.05, 3.63) is 39.8 Å². The standard InChI is InChI=1S/C21H26N2O6S/c1-6-10-22-19(25)17-12(3)16(21(26)29-7-2)20(30-17)23-18(24)13-8-9-14(27-4)15(11-13)28-5/h8-9,11H,6-7,10H2,1-5H3,(H,22,25)(H,23,24). The van der Waals surface area contributed by atoms with Crippen molar-refractivity contribution in [2.24, 2.45) is 0 Å². The van der Waals surface area contributed by atoms with E-state index in [1.807, 2.05) is 6.92 Å². The number of methoxy groups -OCH3 is 2. The van der Waals surface area contributed by atoms with E-state index < -0.39 is 11.9 Å². The molecule has 8 nitrogen and oxygen atoms in total. The molecular formula is C21H26N2O6S. The molecule has 0 aliphatic carbocycles. The molecule has 0 aliphatic heterocycles. The van der Waals surface area contributed by atoms with Crippen LogP contribution < -0.4 is 20.1 Å². The van der Waals surface area contributed by atoms with Gasteiger partial charge in [0.25, 0.3) is 11.8 Å². The van der Waals surface area contributed by atoms with Gasteiger partial charge in [0.05, 0.1) is 31.3 Å². The minimum absolute atomic E-state index is 0.175. The predicted molar refractivity (Wildman–Crippen MR) is 115 cm³/mol. The molecule has 1 aromatic heterocycles. The molecule has 2 N–H and O–H groups in total. The van der Waals surface area contributed by atoms with Crippen LogP contribution in [0.5, 0.6) is 11.5 Å². The minimum Gasteiger partial charge on any atom is -0.493 e. The zero-order valence-corrected chi connectivity index (χ0v) is 18.5. The molecule has 2 aromatic rings. The van der Waals surface area contributed by atoms with E-state index in [4.69, 9.17) is 14.2 Å². The molecule has 0 saturated heterocycles. The average molecular weight is 435 g/mol. The number of ether oxygens (including phenoxy) is 3. The molecule has 0 bridgehead atoms. The van der Waals surface area contributed by atoms with E-state index in [9.17, 15) is 14.4 Å². The number of amides is 2. The van der Waals surface area contributed by atoms with Gasteiger partial charge in [-0.05, 0) is 44.0 Å². The Kier molecular flexibility index (Phi) is 8.23. The summed E-state index contributed by atoms with van der Waals surface area (Å²) in [6, 6.07) is 4.73. The Morgan fingerprint density at radius 2 is 1.73 bits per heavy atom. The van der Waals surface area contributed by atoms with Crippen molar-refractivity contribution in [2.75, 3.05) is 32.7 Å². The fourth-order valence-electron chi connectivity index (χ4n) is 2.74. The molecule has 1 aromatic carbocycles. The highest BCUT2D eigenvalue weighted by Crippen LogP contribution is 2.35. The summed E-state index contributed by atoms with van der Waals surface area (Å²) < 4.78 is 15.5. The smallest absolute Gasteiger partial charge is 0.341 e. The zero-order valence-electron chi connectivity index (χ0n) is 17.7. The van der Waals surface area contributed by atoms with Crippen LogP contribution in [0, 0.1) is 6.92 Å². The number of hydrogen-bond acceptors (Lipinski definition) is 7. The maximum Gasteiger partial charge on any atom is 0.341 e. The molecule has 162 valence electrons. The molecule has 9 heteroatoms. The van der Waals surface area contributed by atoms with Crippen molar-refractivity contribution in [3.8, 4) is 11.5 Å². The molecule has 0 atom stereocenters. The molecule has 0 unspecified atom stereocenters. The number of rotatable bonds is 9.